The number of rotatable bonds is 5. The summed E-state index contributed by atoms with van der Waals surface area (Å²) < 4.78 is 1.19. The lowest BCUT2D eigenvalue weighted by molar-refractivity contribution is -0.128. The monoisotopic (exact) mass is 266 g/mol. The van der Waals surface area contributed by atoms with Crippen LogP contribution >= 0.6 is 0 Å². The molecule has 1 heterocycles. The van der Waals surface area contributed by atoms with Crippen molar-refractivity contribution in [2.45, 2.75) is 26.4 Å². The second kappa shape index (κ2) is 6.58. The third-order valence-electron chi connectivity index (χ3n) is 2.44. The average Bonchev–Trinajstić information content (AvgIpc) is 2.34. The predicted molar refractivity (Wildman–Crippen MR) is 71.4 cm³/mol. The van der Waals surface area contributed by atoms with Crippen molar-refractivity contribution in [1.29, 1.82) is 0 Å². The third-order valence-corrected chi connectivity index (χ3v) is 2.44. The van der Waals surface area contributed by atoms with Crippen LogP contribution in [-0.4, -0.2) is 29.0 Å². The minimum atomic E-state index is -0.649. The van der Waals surface area contributed by atoms with Gasteiger partial charge in [-0.05, 0) is 19.9 Å². The van der Waals surface area contributed by atoms with E-state index in [0.717, 1.165) is 0 Å². The highest BCUT2D eigenvalue weighted by Crippen LogP contribution is 1.95. The molecule has 0 fully saturated rings. The summed E-state index contributed by atoms with van der Waals surface area (Å²) in [6, 6.07) is 2.10. The summed E-state index contributed by atoms with van der Waals surface area (Å²) in [7, 11) is 0. The van der Waals surface area contributed by atoms with Gasteiger partial charge in [-0.3, -0.25) is 14.4 Å². The summed E-state index contributed by atoms with van der Waals surface area (Å²) in [6.45, 7) is 3.69. The van der Waals surface area contributed by atoms with Crippen LogP contribution in [0.1, 0.15) is 13.8 Å². The molecule has 0 radical (unpaired) electrons. The largest absolute Gasteiger partial charge is 0.398 e. The Labute approximate surface area is 110 Å². The van der Waals surface area contributed by atoms with Crippen molar-refractivity contribution in [2.24, 2.45) is 0 Å². The van der Waals surface area contributed by atoms with Crippen LogP contribution in [0, 0.1) is 0 Å². The van der Waals surface area contributed by atoms with Crippen LogP contribution in [-0.2, 0) is 16.1 Å². The number of aromatic nitrogens is 1. The van der Waals surface area contributed by atoms with Crippen LogP contribution in [0.5, 0.6) is 0 Å². The molecule has 104 valence electrons. The van der Waals surface area contributed by atoms with Gasteiger partial charge in [0.15, 0.2) is 0 Å². The highest BCUT2D eigenvalue weighted by atomic mass is 16.2. The quantitative estimate of drug-likeness (QED) is 0.640. The highest BCUT2D eigenvalue weighted by Gasteiger charge is 2.14. The van der Waals surface area contributed by atoms with Crippen LogP contribution in [0.3, 0.4) is 0 Å². The van der Waals surface area contributed by atoms with E-state index in [2.05, 4.69) is 10.6 Å². The summed E-state index contributed by atoms with van der Waals surface area (Å²) >= 11 is 0. The number of pyridine rings is 1. The normalized spacial score (nSPS) is 11.7. The van der Waals surface area contributed by atoms with Gasteiger partial charge in [-0.1, -0.05) is 0 Å². The number of nitrogens with two attached hydrogens (primary N) is 1. The van der Waals surface area contributed by atoms with Crippen LogP contribution in [0.2, 0.25) is 0 Å². The molecular weight excluding hydrogens is 248 g/mol. The molecule has 0 aliphatic rings. The summed E-state index contributed by atoms with van der Waals surface area (Å²) in [5.74, 6) is -0.692. The van der Waals surface area contributed by atoms with Gasteiger partial charge < -0.3 is 20.9 Å². The molecule has 1 unspecified atom stereocenters. The lowest BCUT2D eigenvalue weighted by atomic mass is 10.3. The molecule has 1 rings (SSSR count). The maximum absolute atomic E-state index is 11.7. The summed E-state index contributed by atoms with van der Waals surface area (Å²) in [5.41, 5.74) is 5.61. The zero-order chi connectivity index (χ0) is 14.4. The molecule has 0 aliphatic heterocycles. The number of hydrogen-bond acceptors (Lipinski definition) is 4. The van der Waals surface area contributed by atoms with E-state index in [0.29, 0.717) is 12.2 Å². The van der Waals surface area contributed by atoms with Crippen molar-refractivity contribution in [3.63, 3.8) is 0 Å². The van der Waals surface area contributed by atoms with Crippen molar-refractivity contribution in [3.05, 3.63) is 28.7 Å². The van der Waals surface area contributed by atoms with Crippen molar-refractivity contribution >= 4 is 17.5 Å². The molecule has 7 heteroatoms. The fourth-order valence-corrected chi connectivity index (χ4v) is 1.51. The predicted octanol–water partition coefficient (Wildman–Crippen LogP) is -0.929. The molecule has 19 heavy (non-hydrogen) atoms. The lowest BCUT2D eigenvalue weighted by Crippen LogP contribution is -2.46. The molecule has 1 atom stereocenters. The number of anilines is 1. The van der Waals surface area contributed by atoms with E-state index in [1.807, 2.05) is 0 Å². The molecule has 0 saturated heterocycles. The Kier molecular flexibility index (Phi) is 5.11. The number of amides is 2. The molecule has 0 aromatic carbocycles. The zero-order valence-corrected chi connectivity index (χ0v) is 11.0. The smallest absolute Gasteiger partial charge is 0.251 e. The van der Waals surface area contributed by atoms with Crippen molar-refractivity contribution in [3.8, 4) is 0 Å². The summed E-state index contributed by atoms with van der Waals surface area (Å²) in [4.78, 5) is 34.6. The first-order valence-corrected chi connectivity index (χ1v) is 5.97. The van der Waals surface area contributed by atoms with Gasteiger partial charge in [0.05, 0.1) is 0 Å². The van der Waals surface area contributed by atoms with Gasteiger partial charge in [0.2, 0.25) is 11.8 Å². The molecule has 1 aromatic heterocycles. The Bertz CT molecular complexity index is 524. The standard InChI is InChI=1S/C12H18N4O3/c1-3-14-12(19)8(2)15-10(17)7-16-6-9(13)4-5-11(16)18/h4-6,8H,3,7,13H2,1-2H3,(H,14,19)(H,15,17). The van der Waals surface area contributed by atoms with Gasteiger partial charge >= 0.3 is 0 Å². The first-order chi connectivity index (χ1) is 8.93. The van der Waals surface area contributed by atoms with Gasteiger partial charge in [-0.25, -0.2) is 0 Å². The molecule has 0 saturated carbocycles. The van der Waals surface area contributed by atoms with E-state index in [1.165, 1.54) is 22.9 Å². The van der Waals surface area contributed by atoms with Gasteiger partial charge in [0.25, 0.3) is 5.56 Å². The van der Waals surface area contributed by atoms with E-state index in [4.69, 9.17) is 5.73 Å². The maximum atomic E-state index is 11.7. The molecule has 0 spiro atoms. The van der Waals surface area contributed by atoms with Crippen LogP contribution in [0.25, 0.3) is 0 Å². The Morgan fingerprint density at radius 2 is 2.11 bits per heavy atom. The van der Waals surface area contributed by atoms with Gasteiger partial charge in [-0.15, -0.1) is 0 Å². The van der Waals surface area contributed by atoms with E-state index in [9.17, 15) is 14.4 Å². The van der Waals surface area contributed by atoms with E-state index >= 15 is 0 Å². The second-order valence-electron chi connectivity index (χ2n) is 4.11. The van der Waals surface area contributed by atoms with Crippen molar-refractivity contribution in [2.75, 3.05) is 12.3 Å². The lowest BCUT2D eigenvalue weighted by Gasteiger charge is -2.14. The van der Waals surface area contributed by atoms with E-state index in [1.54, 1.807) is 13.8 Å². The third kappa shape index (κ3) is 4.46. The molecule has 4 N–H and O–H groups in total. The molecule has 1 aromatic rings. The summed E-state index contributed by atoms with van der Waals surface area (Å²) in [5, 5.41) is 5.10. The molecule has 0 aliphatic carbocycles. The number of nitrogen functional groups attached to an aromatic ring is 1. The minimum Gasteiger partial charge on any atom is -0.398 e. The Morgan fingerprint density at radius 1 is 1.42 bits per heavy atom. The molecular formula is C12H18N4O3. The zero-order valence-electron chi connectivity index (χ0n) is 11.0. The summed E-state index contributed by atoms with van der Waals surface area (Å²) in [6.07, 6.45) is 1.39. The van der Waals surface area contributed by atoms with Gasteiger partial charge in [-0.2, -0.15) is 0 Å². The molecule has 2 amide bonds. The van der Waals surface area contributed by atoms with Crippen LogP contribution in [0.4, 0.5) is 5.69 Å². The number of carbonyl (C=O) groups excluding carboxylic acids is 2. The fraction of sp³-hybridized carbons (Fsp3) is 0.417. The van der Waals surface area contributed by atoms with Crippen molar-refractivity contribution in [1.82, 2.24) is 15.2 Å². The van der Waals surface area contributed by atoms with Crippen molar-refractivity contribution < 1.29 is 9.59 Å². The van der Waals surface area contributed by atoms with Crippen LogP contribution in [0.15, 0.2) is 23.1 Å². The Balaban J connectivity index is 2.63. The minimum absolute atomic E-state index is 0.173. The fourth-order valence-electron chi connectivity index (χ4n) is 1.51. The first-order valence-electron chi connectivity index (χ1n) is 5.97. The van der Waals surface area contributed by atoms with E-state index < -0.39 is 11.9 Å². The number of carbonyl (C=O) groups is 2. The second-order valence-corrected chi connectivity index (χ2v) is 4.11. The number of hydrogen-bond donors (Lipinski definition) is 3. The molecule has 0 bridgehead atoms. The Hall–Kier alpha value is -2.31. The number of likely N-dealkylation sites (N-methyl/N-ethyl adjacent to an activating group) is 1. The Morgan fingerprint density at radius 3 is 2.74 bits per heavy atom. The highest BCUT2D eigenvalue weighted by molar-refractivity contribution is 5.87. The average molecular weight is 266 g/mol. The number of nitrogens with one attached hydrogen (secondary N) is 2. The first kappa shape index (κ1) is 14.7. The van der Waals surface area contributed by atoms with Crippen LogP contribution < -0.4 is 21.9 Å². The SMILES string of the molecule is CCNC(=O)C(C)NC(=O)Cn1cc(N)ccc1=O. The van der Waals surface area contributed by atoms with Gasteiger partial charge in [0.1, 0.15) is 12.6 Å². The van der Waals surface area contributed by atoms with E-state index in [-0.39, 0.29) is 18.0 Å². The van der Waals surface area contributed by atoms with Gasteiger partial charge in [0, 0.05) is 24.5 Å². The maximum Gasteiger partial charge on any atom is 0.251 e. The number of nitrogens with zero attached hydrogens (tertiary/aromatic N) is 1. The topological polar surface area (TPSA) is 106 Å². The molecule has 7 nitrogen and oxygen atoms in total.